The van der Waals surface area contributed by atoms with Gasteiger partial charge >= 0.3 is 0 Å². The number of hydrogen-bond acceptors (Lipinski definition) is 0. The minimum Gasteiger partial charge on any atom is -0.342 e. The largest absolute Gasteiger partial charge is 0.342 e. The Morgan fingerprint density at radius 1 is 1.00 bits per heavy atom. The van der Waals surface area contributed by atoms with E-state index in [0.29, 0.717) is 0 Å². The Kier molecular flexibility index (Phi) is 2.45. The van der Waals surface area contributed by atoms with E-state index in [1.165, 1.54) is 22.0 Å². The molecule has 0 saturated heterocycles. The van der Waals surface area contributed by atoms with Crippen molar-refractivity contribution in [3.63, 3.8) is 0 Å². The average Bonchev–Trinajstić information content (AvgIpc) is 2.76. The standard InChI is InChI=1S/C16H14N/c1-13-6-8-14(9-7-13)12-17-11-10-15-4-2-3-5-16(15)17/h2-9,11H,12H2,1H3. The van der Waals surface area contributed by atoms with E-state index in [0.717, 1.165) is 6.54 Å². The summed E-state index contributed by atoms with van der Waals surface area (Å²) in [6, 6.07) is 20.3. The molecule has 3 aromatic rings. The van der Waals surface area contributed by atoms with Gasteiger partial charge in [0.2, 0.25) is 0 Å². The summed E-state index contributed by atoms with van der Waals surface area (Å²) in [6.45, 7) is 3.02. The lowest BCUT2D eigenvalue weighted by Gasteiger charge is -2.05. The molecule has 0 amide bonds. The Balaban J connectivity index is 1.97. The second kappa shape index (κ2) is 4.10. The molecule has 1 heterocycles. The van der Waals surface area contributed by atoms with Crippen LogP contribution in [-0.4, -0.2) is 4.57 Å². The molecule has 2 aromatic carbocycles. The highest BCUT2D eigenvalue weighted by Gasteiger charge is 2.00. The first-order valence-electron chi connectivity index (χ1n) is 5.84. The van der Waals surface area contributed by atoms with Gasteiger partial charge in [0.25, 0.3) is 0 Å². The summed E-state index contributed by atoms with van der Waals surface area (Å²) < 4.78 is 2.24. The molecule has 0 fully saturated rings. The second-order valence-corrected chi connectivity index (χ2v) is 4.40. The molecule has 0 unspecified atom stereocenters. The van der Waals surface area contributed by atoms with Gasteiger partial charge in [-0.3, -0.25) is 0 Å². The molecule has 0 N–H and O–H groups in total. The topological polar surface area (TPSA) is 4.93 Å². The summed E-state index contributed by atoms with van der Waals surface area (Å²) in [5.74, 6) is 0. The van der Waals surface area contributed by atoms with Crippen LogP contribution in [0.4, 0.5) is 0 Å². The van der Waals surface area contributed by atoms with Crippen LogP contribution >= 0.6 is 0 Å². The summed E-state index contributed by atoms with van der Waals surface area (Å²) in [7, 11) is 0. The fourth-order valence-corrected chi connectivity index (χ4v) is 2.08. The second-order valence-electron chi connectivity index (χ2n) is 4.40. The number of para-hydroxylation sites is 1. The normalized spacial score (nSPS) is 10.9. The summed E-state index contributed by atoms with van der Waals surface area (Å²) >= 11 is 0. The maximum Gasteiger partial charge on any atom is 0.0489 e. The van der Waals surface area contributed by atoms with Crippen molar-refractivity contribution in [1.82, 2.24) is 4.57 Å². The van der Waals surface area contributed by atoms with Gasteiger partial charge in [0.05, 0.1) is 0 Å². The predicted molar refractivity (Wildman–Crippen MR) is 71.1 cm³/mol. The van der Waals surface area contributed by atoms with Crippen molar-refractivity contribution >= 4 is 10.9 Å². The molecule has 17 heavy (non-hydrogen) atoms. The number of aromatic nitrogens is 1. The highest BCUT2D eigenvalue weighted by atomic mass is 14.9. The molecule has 0 spiro atoms. The number of hydrogen-bond donors (Lipinski definition) is 0. The molecular formula is C16H14N. The molecule has 3 rings (SSSR count). The van der Waals surface area contributed by atoms with Crippen LogP contribution in [-0.2, 0) is 6.54 Å². The minimum atomic E-state index is 0.907. The van der Waals surface area contributed by atoms with Crippen LogP contribution in [0.25, 0.3) is 10.9 Å². The van der Waals surface area contributed by atoms with Crippen molar-refractivity contribution in [2.24, 2.45) is 0 Å². The summed E-state index contributed by atoms with van der Waals surface area (Å²) in [5.41, 5.74) is 3.87. The van der Waals surface area contributed by atoms with Gasteiger partial charge in [0.1, 0.15) is 0 Å². The summed E-state index contributed by atoms with van der Waals surface area (Å²) in [6.07, 6.45) is 2.03. The number of benzene rings is 2. The van der Waals surface area contributed by atoms with Crippen molar-refractivity contribution in [2.75, 3.05) is 0 Å². The van der Waals surface area contributed by atoms with Crippen molar-refractivity contribution < 1.29 is 0 Å². The van der Waals surface area contributed by atoms with E-state index >= 15 is 0 Å². The van der Waals surface area contributed by atoms with Crippen LogP contribution in [0.5, 0.6) is 0 Å². The van der Waals surface area contributed by atoms with E-state index in [4.69, 9.17) is 0 Å². The lowest BCUT2D eigenvalue weighted by Crippen LogP contribution is -1.97. The first kappa shape index (κ1) is 10.2. The zero-order chi connectivity index (χ0) is 11.7. The van der Waals surface area contributed by atoms with Gasteiger partial charge in [-0.15, -0.1) is 0 Å². The lowest BCUT2D eigenvalue weighted by atomic mass is 10.1. The number of aryl methyl sites for hydroxylation is 1. The molecule has 1 radical (unpaired) electrons. The van der Waals surface area contributed by atoms with Gasteiger partial charge in [0, 0.05) is 29.7 Å². The Morgan fingerprint density at radius 3 is 2.59 bits per heavy atom. The van der Waals surface area contributed by atoms with Crippen LogP contribution in [0.3, 0.4) is 0 Å². The average molecular weight is 220 g/mol. The highest BCUT2D eigenvalue weighted by molar-refractivity contribution is 5.79. The van der Waals surface area contributed by atoms with Gasteiger partial charge in [-0.2, -0.15) is 0 Å². The van der Waals surface area contributed by atoms with Crippen LogP contribution in [0.2, 0.25) is 0 Å². The van der Waals surface area contributed by atoms with E-state index < -0.39 is 0 Å². The molecule has 1 nitrogen and oxygen atoms in total. The van der Waals surface area contributed by atoms with Crippen LogP contribution in [0.1, 0.15) is 11.1 Å². The van der Waals surface area contributed by atoms with E-state index in [1.807, 2.05) is 6.20 Å². The first-order valence-corrected chi connectivity index (χ1v) is 5.84. The zero-order valence-corrected chi connectivity index (χ0v) is 9.85. The van der Waals surface area contributed by atoms with Gasteiger partial charge in [-0.1, -0.05) is 48.0 Å². The Morgan fingerprint density at radius 2 is 1.76 bits per heavy atom. The Labute approximate surface area is 101 Å². The van der Waals surface area contributed by atoms with Gasteiger partial charge < -0.3 is 4.57 Å². The van der Waals surface area contributed by atoms with Crippen molar-refractivity contribution in [1.29, 1.82) is 0 Å². The maximum absolute atomic E-state index is 3.28. The third-order valence-corrected chi connectivity index (χ3v) is 3.06. The van der Waals surface area contributed by atoms with Gasteiger partial charge in [-0.05, 0) is 18.6 Å². The quantitative estimate of drug-likeness (QED) is 0.619. The van der Waals surface area contributed by atoms with E-state index in [2.05, 4.69) is 66.1 Å². The van der Waals surface area contributed by atoms with Crippen molar-refractivity contribution in [3.05, 3.63) is 71.9 Å². The Bertz CT molecular complexity index is 632. The first-order chi connectivity index (χ1) is 8.33. The molecule has 0 bridgehead atoms. The monoisotopic (exact) mass is 220 g/mol. The number of fused-ring (bicyclic) bond motifs is 1. The SMILES string of the molecule is Cc1ccc(Cn2c[c]c3ccccc32)cc1. The van der Waals surface area contributed by atoms with Crippen LogP contribution in [0.15, 0.2) is 54.7 Å². The molecular weight excluding hydrogens is 206 g/mol. The minimum absolute atomic E-state index is 0.907. The van der Waals surface area contributed by atoms with Gasteiger partial charge in [-0.25, -0.2) is 0 Å². The van der Waals surface area contributed by atoms with Crippen LogP contribution in [0, 0.1) is 13.0 Å². The predicted octanol–water partition coefficient (Wildman–Crippen LogP) is 3.80. The fourth-order valence-electron chi connectivity index (χ4n) is 2.08. The molecule has 83 valence electrons. The highest BCUT2D eigenvalue weighted by Crippen LogP contribution is 2.16. The van der Waals surface area contributed by atoms with E-state index in [1.54, 1.807) is 0 Å². The molecule has 0 aliphatic carbocycles. The van der Waals surface area contributed by atoms with E-state index in [9.17, 15) is 0 Å². The molecule has 0 saturated carbocycles. The number of rotatable bonds is 2. The van der Waals surface area contributed by atoms with E-state index in [-0.39, 0.29) is 0 Å². The van der Waals surface area contributed by atoms with Crippen LogP contribution < -0.4 is 0 Å². The molecule has 0 aliphatic rings. The Hall–Kier alpha value is -2.02. The van der Waals surface area contributed by atoms with Gasteiger partial charge in [0.15, 0.2) is 0 Å². The molecule has 0 aliphatic heterocycles. The number of nitrogens with zero attached hydrogens (tertiary/aromatic N) is 1. The summed E-state index contributed by atoms with van der Waals surface area (Å²) in [4.78, 5) is 0. The maximum atomic E-state index is 3.28. The third-order valence-electron chi connectivity index (χ3n) is 3.06. The molecule has 0 atom stereocenters. The lowest BCUT2D eigenvalue weighted by molar-refractivity contribution is 0.836. The van der Waals surface area contributed by atoms with Crippen molar-refractivity contribution in [3.8, 4) is 0 Å². The van der Waals surface area contributed by atoms with Crippen molar-refractivity contribution in [2.45, 2.75) is 13.5 Å². The smallest absolute Gasteiger partial charge is 0.0489 e. The summed E-state index contributed by atoms with van der Waals surface area (Å²) in [5, 5.41) is 1.18. The zero-order valence-electron chi connectivity index (χ0n) is 9.85. The molecule has 1 heteroatoms. The third kappa shape index (κ3) is 1.96. The fraction of sp³-hybridized carbons (Fsp3) is 0.125. The molecule has 1 aromatic heterocycles.